The van der Waals surface area contributed by atoms with Gasteiger partial charge in [-0.25, -0.2) is 4.79 Å². The van der Waals surface area contributed by atoms with Gasteiger partial charge in [0.1, 0.15) is 5.37 Å². The Bertz CT molecular complexity index is 562. The highest BCUT2D eigenvalue weighted by atomic mass is 32.2. The van der Waals surface area contributed by atoms with Crippen LogP contribution in [0.1, 0.15) is 10.9 Å². The molecular formula is C10H9N3O5S. The summed E-state index contributed by atoms with van der Waals surface area (Å²) >= 11 is 1.33. The van der Waals surface area contributed by atoms with Crippen LogP contribution >= 0.6 is 11.8 Å². The summed E-state index contributed by atoms with van der Waals surface area (Å²) in [6.07, 6.45) is -1.13. The van der Waals surface area contributed by atoms with E-state index in [0.717, 1.165) is 0 Å². The summed E-state index contributed by atoms with van der Waals surface area (Å²) < 4.78 is 4.55. The molecule has 0 aliphatic carbocycles. The number of carbonyl (C=O) groups excluding carboxylic acids is 2. The lowest BCUT2D eigenvalue weighted by Crippen LogP contribution is -2.19. The molecule has 0 spiro atoms. The van der Waals surface area contributed by atoms with E-state index in [1.165, 1.54) is 30.0 Å². The van der Waals surface area contributed by atoms with Crippen molar-refractivity contribution < 1.29 is 19.2 Å². The van der Waals surface area contributed by atoms with E-state index < -0.39 is 11.0 Å². The van der Waals surface area contributed by atoms with Crippen LogP contribution in [-0.2, 0) is 4.79 Å². The molecule has 1 aliphatic rings. The Hall–Kier alpha value is -2.29. The van der Waals surface area contributed by atoms with Gasteiger partial charge in [-0.05, 0) is 11.6 Å². The number of benzene rings is 1. The third kappa shape index (κ3) is 2.94. The number of hydrogen-bond acceptors (Lipinski definition) is 6. The third-order valence-corrected chi connectivity index (χ3v) is 3.52. The summed E-state index contributed by atoms with van der Waals surface area (Å²) in [7, 11) is 0. The maximum atomic E-state index is 11.1. The van der Waals surface area contributed by atoms with Gasteiger partial charge in [0.2, 0.25) is 11.7 Å². The van der Waals surface area contributed by atoms with Gasteiger partial charge in [-0.3, -0.25) is 14.9 Å². The molecule has 1 heterocycles. The first-order chi connectivity index (χ1) is 8.97. The molecule has 8 nitrogen and oxygen atoms in total. The minimum absolute atomic E-state index is 0.130. The Morgan fingerprint density at radius 3 is 2.84 bits per heavy atom. The van der Waals surface area contributed by atoms with E-state index in [0.29, 0.717) is 11.3 Å². The van der Waals surface area contributed by atoms with E-state index in [1.54, 1.807) is 0 Å². The highest BCUT2D eigenvalue weighted by Crippen LogP contribution is 2.36. The van der Waals surface area contributed by atoms with Crippen LogP contribution in [0, 0.1) is 10.1 Å². The molecule has 1 unspecified atom stereocenters. The maximum Gasteiger partial charge on any atom is 0.410 e. The number of nitrogens with one attached hydrogen (secondary N) is 1. The second-order valence-corrected chi connectivity index (χ2v) is 4.76. The lowest BCUT2D eigenvalue weighted by molar-refractivity contribution is -0.385. The molecule has 0 aromatic heterocycles. The summed E-state index contributed by atoms with van der Waals surface area (Å²) in [5.74, 6) is -0.0523. The number of carbonyl (C=O) groups is 2. The van der Waals surface area contributed by atoms with E-state index in [2.05, 4.69) is 10.1 Å². The molecule has 1 atom stereocenters. The van der Waals surface area contributed by atoms with Gasteiger partial charge in [0, 0.05) is 6.07 Å². The molecule has 1 saturated heterocycles. The van der Waals surface area contributed by atoms with Crippen molar-refractivity contribution >= 4 is 29.4 Å². The second-order valence-electron chi connectivity index (χ2n) is 3.66. The average Bonchev–Trinajstić information content (AvgIpc) is 2.75. The molecule has 3 N–H and O–H groups in total. The van der Waals surface area contributed by atoms with E-state index >= 15 is 0 Å². The molecule has 1 fully saturated rings. The van der Waals surface area contributed by atoms with Crippen molar-refractivity contribution in [2.24, 2.45) is 5.73 Å². The van der Waals surface area contributed by atoms with Gasteiger partial charge in [0.05, 0.1) is 10.7 Å². The van der Waals surface area contributed by atoms with Gasteiger partial charge >= 0.3 is 11.8 Å². The van der Waals surface area contributed by atoms with Gasteiger partial charge in [-0.15, -0.1) is 11.8 Å². The second kappa shape index (κ2) is 5.14. The van der Waals surface area contributed by atoms with E-state index in [1.807, 2.05) is 0 Å². The molecule has 1 aromatic carbocycles. The van der Waals surface area contributed by atoms with Crippen molar-refractivity contribution in [3.8, 4) is 5.75 Å². The number of ether oxygens (including phenoxy) is 1. The number of hydrogen-bond donors (Lipinski definition) is 2. The van der Waals surface area contributed by atoms with Crippen LogP contribution in [0.15, 0.2) is 18.2 Å². The van der Waals surface area contributed by atoms with Gasteiger partial charge < -0.3 is 15.8 Å². The first kappa shape index (κ1) is 13.1. The fraction of sp³-hybridized carbons (Fsp3) is 0.200. The Labute approximate surface area is 111 Å². The first-order valence-corrected chi connectivity index (χ1v) is 6.19. The summed E-state index contributed by atoms with van der Waals surface area (Å²) in [6, 6.07) is 4.07. The lowest BCUT2D eigenvalue weighted by atomic mass is 10.2. The summed E-state index contributed by atoms with van der Waals surface area (Å²) in [6.45, 7) is 0. The van der Waals surface area contributed by atoms with Gasteiger partial charge in [0.15, 0.2) is 0 Å². The molecular weight excluding hydrogens is 274 g/mol. The minimum atomic E-state index is -1.13. The van der Waals surface area contributed by atoms with Crippen molar-refractivity contribution in [3.63, 3.8) is 0 Å². The van der Waals surface area contributed by atoms with Crippen LogP contribution in [0.5, 0.6) is 5.75 Å². The number of primary amides is 1. The van der Waals surface area contributed by atoms with Crippen molar-refractivity contribution in [2.45, 2.75) is 5.37 Å². The van der Waals surface area contributed by atoms with E-state index in [9.17, 15) is 19.7 Å². The molecule has 100 valence electrons. The number of nitro groups is 1. The Morgan fingerprint density at radius 2 is 2.32 bits per heavy atom. The van der Waals surface area contributed by atoms with Crippen LogP contribution in [-0.4, -0.2) is 22.7 Å². The smallest absolute Gasteiger partial charge is 0.403 e. The van der Waals surface area contributed by atoms with Crippen molar-refractivity contribution in [1.82, 2.24) is 5.32 Å². The predicted molar refractivity (Wildman–Crippen MR) is 66.6 cm³/mol. The van der Waals surface area contributed by atoms with Crippen molar-refractivity contribution in [3.05, 3.63) is 33.9 Å². The quantitative estimate of drug-likeness (QED) is 0.627. The Balaban J connectivity index is 2.33. The highest BCUT2D eigenvalue weighted by molar-refractivity contribution is 8.00. The number of nitro benzene ring substituents is 1. The summed E-state index contributed by atoms with van der Waals surface area (Å²) in [5, 5.41) is 13.2. The van der Waals surface area contributed by atoms with E-state index in [4.69, 9.17) is 5.73 Å². The highest BCUT2D eigenvalue weighted by Gasteiger charge is 2.26. The first-order valence-electron chi connectivity index (χ1n) is 5.14. The largest absolute Gasteiger partial charge is 0.410 e. The summed E-state index contributed by atoms with van der Waals surface area (Å²) in [4.78, 5) is 32.0. The van der Waals surface area contributed by atoms with Crippen LogP contribution in [0.2, 0.25) is 0 Å². The number of nitrogens with two attached hydrogens (primary N) is 1. The molecule has 0 saturated carbocycles. The zero-order valence-electron chi connectivity index (χ0n) is 9.49. The monoisotopic (exact) mass is 283 g/mol. The summed E-state index contributed by atoms with van der Waals surface area (Å²) in [5.41, 5.74) is 5.01. The van der Waals surface area contributed by atoms with Gasteiger partial charge in [-0.2, -0.15) is 0 Å². The molecule has 0 radical (unpaired) electrons. The fourth-order valence-corrected chi connectivity index (χ4v) is 2.56. The molecule has 19 heavy (non-hydrogen) atoms. The van der Waals surface area contributed by atoms with Gasteiger partial charge in [-0.1, -0.05) is 6.07 Å². The normalized spacial score (nSPS) is 17.9. The molecule has 0 bridgehead atoms. The third-order valence-electron chi connectivity index (χ3n) is 2.37. The zero-order valence-corrected chi connectivity index (χ0v) is 10.3. The fourth-order valence-electron chi connectivity index (χ4n) is 1.60. The van der Waals surface area contributed by atoms with Crippen molar-refractivity contribution in [2.75, 3.05) is 5.75 Å². The number of thioether (sulfide) groups is 1. The molecule has 1 aliphatic heterocycles. The zero-order chi connectivity index (χ0) is 14.0. The van der Waals surface area contributed by atoms with Crippen molar-refractivity contribution in [1.29, 1.82) is 0 Å². The Kier molecular flexibility index (Phi) is 3.56. The van der Waals surface area contributed by atoms with E-state index in [-0.39, 0.29) is 22.7 Å². The molecule has 2 amide bonds. The standard InChI is InChI=1S/C10H9N3O5S/c11-10(15)18-7-2-1-5(3-6(7)13(16)17)9-12-8(14)4-19-9/h1-3,9H,4H2,(H2,11,15)(H,12,14). The predicted octanol–water partition coefficient (Wildman–Crippen LogP) is 0.914. The molecule has 1 aromatic rings. The number of amides is 2. The van der Waals surface area contributed by atoms with Crippen LogP contribution in [0.3, 0.4) is 0 Å². The Morgan fingerprint density at radius 1 is 1.58 bits per heavy atom. The maximum absolute atomic E-state index is 11.1. The topological polar surface area (TPSA) is 125 Å². The number of nitrogens with zero attached hydrogens (tertiary/aromatic N) is 1. The molecule has 9 heteroatoms. The average molecular weight is 283 g/mol. The SMILES string of the molecule is NC(=O)Oc1ccc(C2NC(=O)CS2)cc1[N+](=O)[O-]. The molecule has 2 rings (SSSR count). The van der Waals surface area contributed by atoms with Gasteiger partial charge in [0.25, 0.3) is 0 Å². The minimum Gasteiger partial charge on any atom is -0.403 e. The number of rotatable bonds is 3. The van der Waals surface area contributed by atoms with Crippen LogP contribution in [0.25, 0.3) is 0 Å². The lowest BCUT2D eigenvalue weighted by Gasteiger charge is -2.10. The van der Waals surface area contributed by atoms with Crippen LogP contribution < -0.4 is 15.8 Å². The van der Waals surface area contributed by atoms with Crippen LogP contribution in [0.4, 0.5) is 10.5 Å².